The Labute approximate surface area is 175 Å². The molecular formula is C17H17BrN6O2S2. The van der Waals surface area contributed by atoms with Crippen LogP contribution in [-0.2, 0) is 10.0 Å². The number of aromatic nitrogens is 3. The normalized spacial score (nSPS) is 15.5. The molecule has 28 heavy (non-hydrogen) atoms. The molecule has 0 saturated carbocycles. The molecule has 1 aliphatic heterocycles. The standard InChI is InChI=1S/C17H17BrN6O2S2/c18-13-4-5-17(27-13)28(25,26)24-9-7-23(8-10-24)16-11-15(20-12-21-16)22-14-3-1-2-6-19-14/h1-6,11-12H,7-10H2,(H,19,20,21,22). The maximum absolute atomic E-state index is 12.8. The van der Waals surface area contributed by atoms with Crippen LogP contribution in [0.5, 0.6) is 0 Å². The fourth-order valence-electron chi connectivity index (χ4n) is 2.88. The largest absolute Gasteiger partial charge is 0.354 e. The number of thiophene rings is 1. The number of piperazine rings is 1. The lowest BCUT2D eigenvalue weighted by Crippen LogP contribution is -2.48. The summed E-state index contributed by atoms with van der Waals surface area (Å²) in [5.41, 5.74) is 0. The van der Waals surface area contributed by atoms with Gasteiger partial charge < -0.3 is 10.2 Å². The van der Waals surface area contributed by atoms with E-state index in [0.717, 1.165) is 9.60 Å². The molecule has 0 spiro atoms. The predicted octanol–water partition coefficient (Wildman–Crippen LogP) is 2.95. The second kappa shape index (κ2) is 8.11. The minimum Gasteiger partial charge on any atom is -0.354 e. The topological polar surface area (TPSA) is 91.3 Å². The number of nitrogens with one attached hydrogen (secondary N) is 1. The van der Waals surface area contributed by atoms with Gasteiger partial charge >= 0.3 is 0 Å². The van der Waals surface area contributed by atoms with Crippen LogP contribution in [0.1, 0.15) is 0 Å². The fourth-order valence-corrected chi connectivity index (χ4v) is 6.46. The molecule has 0 amide bonds. The summed E-state index contributed by atoms with van der Waals surface area (Å²) >= 11 is 4.55. The molecule has 1 saturated heterocycles. The highest BCUT2D eigenvalue weighted by atomic mass is 79.9. The highest BCUT2D eigenvalue weighted by Crippen LogP contribution is 2.29. The first kappa shape index (κ1) is 19.2. The van der Waals surface area contributed by atoms with Crippen molar-refractivity contribution < 1.29 is 8.42 Å². The van der Waals surface area contributed by atoms with E-state index in [1.54, 1.807) is 18.3 Å². The number of pyridine rings is 1. The average molecular weight is 481 g/mol. The van der Waals surface area contributed by atoms with Crippen molar-refractivity contribution in [2.45, 2.75) is 4.21 Å². The van der Waals surface area contributed by atoms with Gasteiger partial charge in [-0.3, -0.25) is 0 Å². The molecule has 0 bridgehead atoms. The molecule has 8 nitrogen and oxygen atoms in total. The van der Waals surface area contributed by atoms with E-state index in [4.69, 9.17) is 0 Å². The third kappa shape index (κ3) is 4.17. The molecule has 3 aromatic heterocycles. The first-order valence-corrected chi connectivity index (χ1v) is 11.6. The third-order valence-electron chi connectivity index (χ3n) is 4.28. The Balaban J connectivity index is 1.43. The van der Waals surface area contributed by atoms with Gasteiger partial charge in [0, 0.05) is 38.4 Å². The van der Waals surface area contributed by atoms with Gasteiger partial charge in [-0.05, 0) is 40.2 Å². The van der Waals surface area contributed by atoms with Crippen LogP contribution in [-0.4, -0.2) is 53.9 Å². The number of rotatable bonds is 5. The SMILES string of the molecule is O=S(=O)(c1ccc(Br)s1)N1CCN(c2cc(Nc3ccccn3)ncn2)CC1. The van der Waals surface area contributed by atoms with Crippen molar-refractivity contribution in [2.75, 3.05) is 36.4 Å². The summed E-state index contributed by atoms with van der Waals surface area (Å²) in [5.74, 6) is 2.09. The Hall–Kier alpha value is -2.08. The number of sulfonamides is 1. The van der Waals surface area contributed by atoms with Crippen molar-refractivity contribution in [3.8, 4) is 0 Å². The van der Waals surface area contributed by atoms with E-state index in [2.05, 4.69) is 41.1 Å². The lowest BCUT2D eigenvalue weighted by Gasteiger charge is -2.34. The maximum atomic E-state index is 12.8. The van der Waals surface area contributed by atoms with Gasteiger partial charge in [-0.1, -0.05) is 6.07 Å². The highest BCUT2D eigenvalue weighted by molar-refractivity contribution is 9.11. The van der Waals surface area contributed by atoms with E-state index in [1.807, 2.05) is 24.3 Å². The lowest BCUT2D eigenvalue weighted by molar-refractivity contribution is 0.385. The summed E-state index contributed by atoms with van der Waals surface area (Å²) in [4.78, 5) is 14.8. The van der Waals surface area contributed by atoms with Gasteiger partial charge in [0.1, 0.15) is 28.0 Å². The van der Waals surface area contributed by atoms with Crippen LogP contribution in [0.4, 0.5) is 17.5 Å². The smallest absolute Gasteiger partial charge is 0.252 e. The Morgan fingerprint density at radius 3 is 2.50 bits per heavy atom. The molecule has 0 aliphatic carbocycles. The van der Waals surface area contributed by atoms with Crippen LogP contribution in [0.25, 0.3) is 0 Å². The van der Waals surface area contributed by atoms with E-state index in [1.165, 1.54) is 22.0 Å². The van der Waals surface area contributed by atoms with Gasteiger partial charge in [-0.25, -0.2) is 23.4 Å². The summed E-state index contributed by atoms with van der Waals surface area (Å²) in [5, 5.41) is 3.14. The molecule has 1 N–H and O–H groups in total. The molecule has 3 aromatic rings. The van der Waals surface area contributed by atoms with Crippen LogP contribution in [0, 0.1) is 0 Å². The Morgan fingerprint density at radius 1 is 1.00 bits per heavy atom. The summed E-state index contributed by atoms with van der Waals surface area (Å²) in [6.07, 6.45) is 3.20. The third-order valence-corrected chi connectivity index (χ3v) is 8.27. The minimum atomic E-state index is -3.45. The van der Waals surface area contributed by atoms with Crippen molar-refractivity contribution in [1.29, 1.82) is 0 Å². The van der Waals surface area contributed by atoms with Crippen molar-refractivity contribution in [2.24, 2.45) is 0 Å². The Bertz CT molecular complexity index is 1050. The zero-order chi connectivity index (χ0) is 19.6. The second-order valence-electron chi connectivity index (χ2n) is 6.05. The van der Waals surface area contributed by atoms with Gasteiger partial charge in [0.2, 0.25) is 0 Å². The molecule has 1 fully saturated rings. The van der Waals surface area contributed by atoms with Crippen molar-refractivity contribution >= 4 is 54.7 Å². The van der Waals surface area contributed by atoms with Crippen LogP contribution < -0.4 is 10.2 Å². The van der Waals surface area contributed by atoms with Gasteiger partial charge in [-0.15, -0.1) is 11.3 Å². The molecule has 4 heterocycles. The summed E-state index contributed by atoms with van der Waals surface area (Å²) in [7, 11) is -3.45. The van der Waals surface area contributed by atoms with Crippen molar-refractivity contribution in [3.05, 3.63) is 52.7 Å². The number of hydrogen-bond acceptors (Lipinski definition) is 8. The fraction of sp³-hybridized carbons (Fsp3) is 0.235. The summed E-state index contributed by atoms with van der Waals surface area (Å²) in [6, 6.07) is 10.8. The van der Waals surface area contributed by atoms with Crippen molar-refractivity contribution in [1.82, 2.24) is 19.3 Å². The molecule has 0 atom stereocenters. The molecule has 0 unspecified atom stereocenters. The van der Waals surface area contributed by atoms with Crippen LogP contribution in [0.3, 0.4) is 0 Å². The van der Waals surface area contributed by atoms with Crippen LogP contribution >= 0.6 is 27.3 Å². The van der Waals surface area contributed by atoms with Gasteiger partial charge in [0.25, 0.3) is 10.0 Å². The van der Waals surface area contributed by atoms with E-state index < -0.39 is 10.0 Å². The van der Waals surface area contributed by atoms with Gasteiger partial charge in [-0.2, -0.15) is 4.31 Å². The predicted molar refractivity (Wildman–Crippen MR) is 113 cm³/mol. The Kier molecular flexibility index (Phi) is 5.58. The maximum Gasteiger partial charge on any atom is 0.252 e. The quantitative estimate of drug-likeness (QED) is 0.599. The van der Waals surface area contributed by atoms with E-state index in [-0.39, 0.29) is 0 Å². The monoisotopic (exact) mass is 480 g/mol. The van der Waals surface area contributed by atoms with Gasteiger partial charge in [0.05, 0.1) is 3.79 Å². The molecule has 4 rings (SSSR count). The van der Waals surface area contributed by atoms with Gasteiger partial charge in [0.15, 0.2) is 0 Å². The molecule has 0 radical (unpaired) electrons. The lowest BCUT2D eigenvalue weighted by atomic mass is 10.3. The first-order chi connectivity index (χ1) is 13.5. The van der Waals surface area contributed by atoms with Crippen molar-refractivity contribution in [3.63, 3.8) is 0 Å². The molecule has 0 aromatic carbocycles. The zero-order valence-electron chi connectivity index (χ0n) is 14.7. The second-order valence-corrected chi connectivity index (χ2v) is 10.7. The minimum absolute atomic E-state index is 0.358. The highest BCUT2D eigenvalue weighted by Gasteiger charge is 2.30. The number of hydrogen-bond donors (Lipinski definition) is 1. The molecular weight excluding hydrogens is 464 g/mol. The summed E-state index contributed by atoms with van der Waals surface area (Å²) < 4.78 is 28.2. The van der Waals surface area contributed by atoms with E-state index in [9.17, 15) is 8.42 Å². The number of nitrogens with zero attached hydrogens (tertiary/aromatic N) is 5. The average Bonchev–Trinajstić information content (AvgIpc) is 3.16. The zero-order valence-corrected chi connectivity index (χ0v) is 17.9. The Morgan fingerprint density at radius 2 is 1.82 bits per heavy atom. The molecule has 11 heteroatoms. The molecule has 146 valence electrons. The first-order valence-electron chi connectivity index (χ1n) is 8.53. The van der Waals surface area contributed by atoms with E-state index in [0.29, 0.717) is 42.0 Å². The van der Waals surface area contributed by atoms with Crippen LogP contribution in [0.15, 0.2) is 56.9 Å². The van der Waals surface area contributed by atoms with E-state index >= 15 is 0 Å². The summed E-state index contributed by atoms with van der Waals surface area (Å²) in [6.45, 7) is 1.94. The number of halogens is 1. The molecule has 1 aliphatic rings. The number of anilines is 3. The van der Waals surface area contributed by atoms with Crippen LogP contribution in [0.2, 0.25) is 0 Å².